The molecule has 1 aromatic heterocycles. The van der Waals surface area contributed by atoms with Crippen molar-refractivity contribution in [1.29, 1.82) is 0 Å². The van der Waals surface area contributed by atoms with E-state index in [2.05, 4.69) is 0 Å². The molecule has 0 fully saturated rings. The quantitative estimate of drug-likeness (QED) is 0.677. The number of hydrogen-bond acceptors (Lipinski definition) is 5. The second-order valence-corrected chi connectivity index (χ2v) is 5.85. The van der Waals surface area contributed by atoms with E-state index in [1.54, 1.807) is 56.5 Å². The zero-order chi connectivity index (χ0) is 18.7. The van der Waals surface area contributed by atoms with Gasteiger partial charge in [0, 0.05) is 25.2 Å². The Bertz CT molecular complexity index is 989. The van der Waals surface area contributed by atoms with Gasteiger partial charge in [0.15, 0.2) is 5.58 Å². The largest absolute Gasteiger partial charge is 0.497 e. The number of nitrogens with zero attached hydrogens (tertiary/aromatic N) is 2. The maximum absolute atomic E-state index is 12.6. The van der Waals surface area contributed by atoms with Crippen molar-refractivity contribution < 1.29 is 18.7 Å². The van der Waals surface area contributed by atoms with Crippen LogP contribution in [0.25, 0.3) is 11.1 Å². The minimum Gasteiger partial charge on any atom is -0.497 e. The number of carbonyl (C=O) groups excluding carboxylic acids is 1. The average Bonchev–Trinajstić information content (AvgIpc) is 2.97. The van der Waals surface area contributed by atoms with Gasteiger partial charge in [0.25, 0.3) is 0 Å². The molecule has 3 aromatic rings. The number of amides is 1. The van der Waals surface area contributed by atoms with Crippen molar-refractivity contribution in [2.75, 3.05) is 21.3 Å². The zero-order valence-corrected chi connectivity index (χ0v) is 14.9. The Kier molecular flexibility index (Phi) is 4.97. The first-order valence-electron chi connectivity index (χ1n) is 8.06. The molecule has 0 unspecified atom stereocenters. The number of hydrogen-bond donors (Lipinski definition) is 0. The maximum atomic E-state index is 12.6. The summed E-state index contributed by atoms with van der Waals surface area (Å²) < 4.78 is 17.0. The number of ether oxygens (including phenoxy) is 2. The van der Waals surface area contributed by atoms with E-state index in [4.69, 9.17) is 13.9 Å². The molecule has 7 nitrogen and oxygen atoms in total. The van der Waals surface area contributed by atoms with Crippen LogP contribution in [0.1, 0.15) is 5.56 Å². The van der Waals surface area contributed by atoms with E-state index >= 15 is 0 Å². The van der Waals surface area contributed by atoms with Crippen molar-refractivity contribution in [3.8, 4) is 11.5 Å². The summed E-state index contributed by atoms with van der Waals surface area (Å²) in [5.74, 6) is 0.553. The summed E-state index contributed by atoms with van der Waals surface area (Å²) in [7, 11) is 4.83. The van der Waals surface area contributed by atoms with E-state index in [9.17, 15) is 9.59 Å². The van der Waals surface area contributed by atoms with Gasteiger partial charge in [-0.1, -0.05) is 12.1 Å². The molecule has 3 rings (SSSR count). The van der Waals surface area contributed by atoms with Crippen molar-refractivity contribution in [3.63, 3.8) is 0 Å². The van der Waals surface area contributed by atoms with Crippen LogP contribution in [0.5, 0.6) is 11.5 Å². The van der Waals surface area contributed by atoms with Gasteiger partial charge in [-0.15, -0.1) is 0 Å². The molecule has 0 saturated carbocycles. The van der Waals surface area contributed by atoms with Crippen LogP contribution in [-0.4, -0.2) is 36.6 Å². The molecule has 0 saturated heterocycles. The number of carbonyl (C=O) groups is 1. The van der Waals surface area contributed by atoms with Gasteiger partial charge in [-0.05, 0) is 24.3 Å². The number of aromatic nitrogens is 1. The third-order valence-electron chi connectivity index (χ3n) is 4.19. The zero-order valence-electron chi connectivity index (χ0n) is 14.9. The van der Waals surface area contributed by atoms with Gasteiger partial charge in [-0.2, -0.15) is 0 Å². The van der Waals surface area contributed by atoms with Gasteiger partial charge in [0.2, 0.25) is 5.91 Å². The first kappa shape index (κ1) is 17.6. The number of likely N-dealkylation sites (N-methyl/N-ethyl adjacent to an activating group) is 1. The Morgan fingerprint density at radius 3 is 2.65 bits per heavy atom. The number of oxazole rings is 1. The van der Waals surface area contributed by atoms with Gasteiger partial charge < -0.3 is 18.8 Å². The van der Waals surface area contributed by atoms with Gasteiger partial charge in [-0.3, -0.25) is 9.36 Å². The summed E-state index contributed by atoms with van der Waals surface area (Å²) >= 11 is 0. The molecule has 1 amide bonds. The molecule has 26 heavy (non-hydrogen) atoms. The van der Waals surface area contributed by atoms with Gasteiger partial charge in [-0.25, -0.2) is 4.79 Å². The Morgan fingerprint density at radius 2 is 1.92 bits per heavy atom. The highest BCUT2D eigenvalue weighted by Crippen LogP contribution is 2.25. The molecular weight excluding hydrogens is 336 g/mol. The van der Waals surface area contributed by atoms with E-state index in [1.807, 2.05) is 12.1 Å². The highest BCUT2D eigenvalue weighted by Gasteiger charge is 2.17. The lowest BCUT2D eigenvalue weighted by atomic mass is 10.1. The van der Waals surface area contributed by atoms with Gasteiger partial charge in [0.05, 0.1) is 19.7 Å². The molecule has 0 atom stereocenters. The second kappa shape index (κ2) is 7.35. The van der Waals surface area contributed by atoms with Crippen LogP contribution >= 0.6 is 0 Å². The Labute approximate surface area is 150 Å². The van der Waals surface area contributed by atoms with Crippen molar-refractivity contribution in [3.05, 3.63) is 58.6 Å². The Balaban J connectivity index is 1.78. The van der Waals surface area contributed by atoms with Crippen LogP contribution in [-0.2, 0) is 17.9 Å². The highest BCUT2D eigenvalue weighted by molar-refractivity contribution is 5.79. The minimum absolute atomic E-state index is 0.0924. The topological polar surface area (TPSA) is 73.9 Å². The van der Waals surface area contributed by atoms with E-state index in [-0.39, 0.29) is 12.5 Å². The summed E-state index contributed by atoms with van der Waals surface area (Å²) in [6.07, 6.45) is 0. The van der Waals surface area contributed by atoms with Gasteiger partial charge in [0.1, 0.15) is 18.0 Å². The fourth-order valence-electron chi connectivity index (χ4n) is 2.75. The lowest BCUT2D eigenvalue weighted by molar-refractivity contribution is -0.131. The predicted molar refractivity (Wildman–Crippen MR) is 96.5 cm³/mol. The lowest BCUT2D eigenvalue weighted by Gasteiger charge is -2.19. The molecule has 7 heteroatoms. The summed E-state index contributed by atoms with van der Waals surface area (Å²) in [6, 6.07) is 12.4. The smallest absolute Gasteiger partial charge is 0.420 e. The molecule has 0 aliphatic carbocycles. The molecule has 1 heterocycles. The summed E-state index contributed by atoms with van der Waals surface area (Å²) in [4.78, 5) is 26.2. The predicted octanol–water partition coefficient (Wildman–Crippen LogP) is 2.27. The lowest BCUT2D eigenvalue weighted by Crippen LogP contribution is -2.32. The average molecular weight is 356 g/mol. The molecular formula is C19H20N2O5. The van der Waals surface area contributed by atoms with Crippen molar-refractivity contribution in [2.45, 2.75) is 13.1 Å². The molecule has 0 spiro atoms. The van der Waals surface area contributed by atoms with Crippen LogP contribution in [0.3, 0.4) is 0 Å². The van der Waals surface area contributed by atoms with E-state index < -0.39 is 5.76 Å². The second-order valence-electron chi connectivity index (χ2n) is 5.85. The fourth-order valence-corrected chi connectivity index (χ4v) is 2.75. The maximum Gasteiger partial charge on any atom is 0.420 e. The molecule has 0 radical (unpaired) electrons. The van der Waals surface area contributed by atoms with E-state index in [0.717, 1.165) is 5.56 Å². The van der Waals surface area contributed by atoms with E-state index in [0.29, 0.717) is 29.1 Å². The first-order chi connectivity index (χ1) is 12.5. The van der Waals surface area contributed by atoms with Crippen LogP contribution in [0.15, 0.2) is 51.7 Å². The molecule has 0 aliphatic rings. The monoisotopic (exact) mass is 356 g/mol. The van der Waals surface area contributed by atoms with Crippen LogP contribution in [0.2, 0.25) is 0 Å². The standard InChI is InChI=1S/C19H20N2O5/c1-20(11-13-8-9-14(24-2)10-17(13)25-3)18(22)12-21-15-6-4-5-7-16(15)26-19(21)23/h4-10H,11-12H2,1-3H3. The van der Waals surface area contributed by atoms with Crippen molar-refractivity contribution in [2.24, 2.45) is 0 Å². The van der Waals surface area contributed by atoms with Crippen molar-refractivity contribution in [1.82, 2.24) is 9.47 Å². The Hall–Kier alpha value is -3.22. The summed E-state index contributed by atoms with van der Waals surface area (Å²) in [5, 5.41) is 0. The number of para-hydroxylation sites is 2. The fraction of sp³-hybridized carbons (Fsp3) is 0.263. The van der Waals surface area contributed by atoms with Crippen LogP contribution in [0, 0.1) is 0 Å². The number of rotatable bonds is 6. The highest BCUT2D eigenvalue weighted by atomic mass is 16.5. The third kappa shape index (κ3) is 3.42. The number of benzene rings is 2. The van der Waals surface area contributed by atoms with E-state index in [1.165, 1.54) is 4.57 Å². The minimum atomic E-state index is -0.546. The van der Waals surface area contributed by atoms with Crippen molar-refractivity contribution >= 4 is 17.0 Å². The normalized spacial score (nSPS) is 10.7. The SMILES string of the molecule is COc1ccc(CN(C)C(=O)Cn2c(=O)oc3ccccc32)c(OC)c1. The molecule has 0 aliphatic heterocycles. The third-order valence-corrected chi connectivity index (χ3v) is 4.19. The number of fused-ring (bicyclic) bond motifs is 1. The van der Waals surface area contributed by atoms with Crippen LogP contribution in [0.4, 0.5) is 0 Å². The molecule has 0 N–H and O–H groups in total. The Morgan fingerprint density at radius 1 is 1.15 bits per heavy atom. The summed E-state index contributed by atoms with van der Waals surface area (Å²) in [6.45, 7) is 0.251. The first-order valence-corrected chi connectivity index (χ1v) is 8.06. The van der Waals surface area contributed by atoms with Crippen LogP contribution < -0.4 is 15.2 Å². The molecule has 0 bridgehead atoms. The van der Waals surface area contributed by atoms with Gasteiger partial charge >= 0.3 is 5.76 Å². The molecule has 136 valence electrons. The number of methoxy groups -OCH3 is 2. The summed E-state index contributed by atoms with van der Waals surface area (Å²) in [5.41, 5.74) is 1.90. The molecule has 2 aromatic carbocycles.